The number of epoxide rings is 1. The Kier molecular flexibility index (Phi) is 8.67. The molecule has 0 aliphatic carbocycles. The molecule has 0 amide bonds. The lowest BCUT2D eigenvalue weighted by atomic mass is 10.1. The van der Waals surface area contributed by atoms with Crippen molar-refractivity contribution in [3.8, 4) is 0 Å². The molecule has 0 bridgehead atoms. The van der Waals surface area contributed by atoms with Crippen molar-refractivity contribution in [3.05, 3.63) is 12.4 Å². The summed E-state index contributed by atoms with van der Waals surface area (Å²) in [6, 6.07) is 0. The molecule has 1 aliphatic rings. The van der Waals surface area contributed by atoms with Gasteiger partial charge in [-0.25, -0.2) is 9.18 Å². The van der Waals surface area contributed by atoms with E-state index in [1.165, 1.54) is 0 Å². The van der Waals surface area contributed by atoms with Crippen LogP contribution in [0.3, 0.4) is 0 Å². The molecule has 1 rings (SSSR count). The van der Waals surface area contributed by atoms with Crippen LogP contribution in [0, 0.1) is 0 Å². The summed E-state index contributed by atoms with van der Waals surface area (Å²) in [5.74, 6) is -12.8. The van der Waals surface area contributed by atoms with Gasteiger partial charge in [0.2, 0.25) is 0 Å². The highest BCUT2D eigenvalue weighted by atomic mass is 32.2. The fourth-order valence-electron chi connectivity index (χ4n) is 2.20. The van der Waals surface area contributed by atoms with Crippen LogP contribution < -0.4 is 0 Å². The summed E-state index contributed by atoms with van der Waals surface area (Å²) in [5.41, 5.74) is 0. The van der Waals surface area contributed by atoms with Gasteiger partial charge in [-0.15, -0.1) is 0 Å². The molecule has 3 atom stereocenters. The Balaban J connectivity index is 2.89. The number of ether oxygens (including phenoxy) is 4. The molecule has 1 heterocycles. The molecule has 0 aromatic carbocycles. The Labute approximate surface area is 176 Å². The van der Waals surface area contributed by atoms with Crippen molar-refractivity contribution in [1.82, 2.24) is 0 Å². The molecule has 0 radical (unpaired) electrons. The molecule has 32 heavy (non-hydrogen) atoms. The Bertz CT molecular complexity index is 800. The van der Waals surface area contributed by atoms with Crippen LogP contribution in [0.2, 0.25) is 0 Å². The van der Waals surface area contributed by atoms with Gasteiger partial charge in [0.25, 0.3) is 0 Å². The third-order valence-electron chi connectivity index (χ3n) is 3.90. The molecule has 1 fully saturated rings. The maximum atomic E-state index is 13.6. The van der Waals surface area contributed by atoms with Gasteiger partial charge < -0.3 is 18.9 Å². The third kappa shape index (κ3) is 6.06. The fraction of sp³-hybridized carbons (Fsp3) is 0.800. The van der Waals surface area contributed by atoms with Crippen molar-refractivity contribution in [2.75, 3.05) is 13.2 Å². The number of esters is 1. The minimum atomic E-state index is -6.48. The monoisotopic (exact) mass is 510 g/mol. The lowest BCUT2D eigenvalue weighted by molar-refractivity contribution is -0.376. The van der Waals surface area contributed by atoms with Crippen LogP contribution in [-0.2, 0) is 33.9 Å². The van der Waals surface area contributed by atoms with E-state index < -0.39 is 89.9 Å². The van der Waals surface area contributed by atoms with E-state index in [1.54, 1.807) is 0 Å². The number of carbonyl (C=O) groups excluding carboxylic acids is 1. The zero-order valence-corrected chi connectivity index (χ0v) is 17.0. The lowest BCUT2D eigenvalue weighted by Crippen LogP contribution is -2.58. The van der Waals surface area contributed by atoms with Crippen molar-refractivity contribution in [1.29, 1.82) is 0 Å². The van der Waals surface area contributed by atoms with Gasteiger partial charge >= 0.3 is 39.2 Å². The number of halogens is 8. The summed E-state index contributed by atoms with van der Waals surface area (Å²) < 4.78 is 153. The third-order valence-corrected chi connectivity index (χ3v) is 4.85. The van der Waals surface area contributed by atoms with Crippen LogP contribution in [0.1, 0.15) is 26.2 Å². The fourth-order valence-corrected chi connectivity index (χ4v) is 2.68. The maximum absolute atomic E-state index is 13.6. The first-order valence-corrected chi connectivity index (χ1v) is 10.1. The van der Waals surface area contributed by atoms with Crippen molar-refractivity contribution in [3.63, 3.8) is 0 Å². The lowest BCUT2D eigenvalue weighted by Gasteiger charge is -2.32. The first-order chi connectivity index (χ1) is 14.3. The van der Waals surface area contributed by atoms with Crippen molar-refractivity contribution < 1.29 is 71.8 Å². The van der Waals surface area contributed by atoms with E-state index in [4.69, 9.17) is 4.55 Å². The number of carbonyl (C=O) groups is 1. The first kappa shape index (κ1) is 28.5. The first-order valence-electron chi connectivity index (χ1n) is 8.62. The minimum absolute atomic E-state index is 0.578. The smallest absolute Gasteiger partial charge is 0.455 e. The molecule has 0 aromatic heterocycles. The van der Waals surface area contributed by atoms with Crippen LogP contribution in [0.5, 0.6) is 0 Å². The Hall–Kier alpha value is -1.56. The average molecular weight is 510 g/mol. The molecule has 0 spiro atoms. The second kappa shape index (κ2) is 9.74. The number of hydrogen-bond acceptors (Lipinski definition) is 7. The zero-order valence-electron chi connectivity index (χ0n) is 16.1. The standard InChI is InChI=1S/C15H18F8O8S/c1-3-28-11(24)13(14(19,20)21,31-10-9(30-10)8(2)16)29-7-5-4-6-12(17,18)15(22,23)32(25,26)27/h9-10H,2-7H2,1H3,(H,25,26,27). The zero-order chi connectivity index (χ0) is 25.2. The van der Waals surface area contributed by atoms with Gasteiger partial charge in [0.1, 0.15) is 5.83 Å². The van der Waals surface area contributed by atoms with Crippen LogP contribution in [-0.4, -0.2) is 67.7 Å². The molecule has 0 aromatic rings. The van der Waals surface area contributed by atoms with Gasteiger partial charge in [-0.05, 0) is 19.8 Å². The molecule has 1 N–H and O–H groups in total. The minimum Gasteiger partial charge on any atom is -0.462 e. The van der Waals surface area contributed by atoms with Crippen LogP contribution >= 0.6 is 0 Å². The molecule has 3 unspecified atom stereocenters. The van der Waals surface area contributed by atoms with Crippen molar-refractivity contribution >= 4 is 16.1 Å². The van der Waals surface area contributed by atoms with Crippen LogP contribution in [0.4, 0.5) is 35.1 Å². The van der Waals surface area contributed by atoms with Gasteiger partial charge in [-0.2, -0.15) is 39.2 Å². The predicted molar refractivity (Wildman–Crippen MR) is 86.7 cm³/mol. The molecular formula is C15H18F8O8S. The highest BCUT2D eigenvalue weighted by molar-refractivity contribution is 7.87. The van der Waals surface area contributed by atoms with Crippen LogP contribution in [0.15, 0.2) is 12.4 Å². The summed E-state index contributed by atoms with van der Waals surface area (Å²) in [6.45, 7) is 2.15. The van der Waals surface area contributed by atoms with Crippen molar-refractivity contribution in [2.45, 2.75) is 61.7 Å². The summed E-state index contributed by atoms with van der Waals surface area (Å²) >= 11 is 0. The molecule has 8 nitrogen and oxygen atoms in total. The normalized spacial score (nSPS) is 21.7. The SMILES string of the molecule is C=C(F)C1OC1OC(OCCCCC(F)(F)C(F)(F)S(=O)(=O)O)(C(=O)OCC)C(F)(F)F. The van der Waals surface area contributed by atoms with E-state index in [0.29, 0.717) is 0 Å². The van der Waals surface area contributed by atoms with E-state index in [9.17, 15) is 48.3 Å². The topological polar surface area (TPSA) is 112 Å². The van der Waals surface area contributed by atoms with Gasteiger partial charge in [-0.3, -0.25) is 4.55 Å². The molecule has 1 saturated heterocycles. The number of rotatable bonds is 13. The highest BCUT2D eigenvalue weighted by Gasteiger charge is 2.69. The average Bonchev–Trinajstić information content (AvgIpc) is 3.37. The molecule has 17 heteroatoms. The largest absolute Gasteiger partial charge is 0.462 e. The van der Waals surface area contributed by atoms with E-state index in [0.717, 1.165) is 6.92 Å². The second-order valence-electron chi connectivity index (χ2n) is 6.33. The van der Waals surface area contributed by atoms with Crippen molar-refractivity contribution in [2.24, 2.45) is 0 Å². The number of hydrogen-bond donors (Lipinski definition) is 1. The van der Waals surface area contributed by atoms with Gasteiger partial charge in [-0.1, -0.05) is 6.58 Å². The van der Waals surface area contributed by atoms with E-state index >= 15 is 0 Å². The predicted octanol–water partition coefficient (Wildman–Crippen LogP) is 3.34. The Morgan fingerprint density at radius 3 is 2.09 bits per heavy atom. The molecule has 0 saturated carbocycles. The van der Waals surface area contributed by atoms with E-state index in [-0.39, 0.29) is 0 Å². The molecule has 188 valence electrons. The van der Waals surface area contributed by atoms with Crippen LogP contribution in [0.25, 0.3) is 0 Å². The number of alkyl halides is 7. The van der Waals surface area contributed by atoms with Gasteiger partial charge in [0.15, 0.2) is 12.4 Å². The summed E-state index contributed by atoms with van der Waals surface area (Å²) in [4.78, 5) is 11.9. The van der Waals surface area contributed by atoms with Gasteiger partial charge in [0, 0.05) is 6.42 Å². The summed E-state index contributed by atoms with van der Waals surface area (Å²) in [6.07, 6.45) is -13.0. The quantitative estimate of drug-likeness (QED) is 0.100. The number of unbranched alkanes of at least 4 members (excludes halogenated alkanes) is 1. The summed E-state index contributed by atoms with van der Waals surface area (Å²) in [7, 11) is -6.48. The van der Waals surface area contributed by atoms with E-state index in [2.05, 4.69) is 25.5 Å². The second-order valence-corrected chi connectivity index (χ2v) is 7.79. The van der Waals surface area contributed by atoms with E-state index in [1.807, 2.05) is 0 Å². The molecular weight excluding hydrogens is 492 g/mol. The summed E-state index contributed by atoms with van der Waals surface area (Å²) in [5, 5.41) is -5.85. The van der Waals surface area contributed by atoms with Gasteiger partial charge in [0.05, 0.1) is 13.2 Å². The maximum Gasteiger partial charge on any atom is 0.455 e. The Morgan fingerprint density at radius 1 is 1.12 bits per heavy atom. The highest BCUT2D eigenvalue weighted by Crippen LogP contribution is 2.44. The Morgan fingerprint density at radius 2 is 1.69 bits per heavy atom. The molecule has 1 aliphatic heterocycles.